The number of piperazine rings is 1. The van der Waals surface area contributed by atoms with Crippen LogP contribution in [0.5, 0.6) is 0 Å². The molecule has 0 spiro atoms. The van der Waals surface area contributed by atoms with Crippen molar-refractivity contribution in [1.29, 1.82) is 0 Å². The summed E-state index contributed by atoms with van der Waals surface area (Å²) < 4.78 is 5.37. The van der Waals surface area contributed by atoms with Crippen molar-refractivity contribution in [1.82, 2.24) is 14.8 Å². The topological polar surface area (TPSA) is 65.9 Å². The number of aliphatic hydroxyl groups excluding tert-OH is 1. The fraction of sp³-hybridized carbons (Fsp3) is 0.684. The number of pyridine rings is 1. The van der Waals surface area contributed by atoms with E-state index in [-0.39, 0.29) is 24.5 Å². The van der Waals surface area contributed by atoms with Crippen LogP contribution in [0.25, 0.3) is 0 Å². The largest absolute Gasteiger partial charge is 0.396 e. The zero-order valence-corrected chi connectivity index (χ0v) is 15.1. The average molecular weight is 347 g/mol. The summed E-state index contributed by atoms with van der Waals surface area (Å²) in [6.45, 7) is 6.57. The monoisotopic (exact) mass is 347 g/mol. The molecule has 0 aromatic carbocycles. The highest BCUT2D eigenvalue weighted by atomic mass is 16.5. The molecule has 1 atom stereocenters. The number of carbonyl (C=O) groups is 1. The van der Waals surface area contributed by atoms with Crippen molar-refractivity contribution in [2.24, 2.45) is 5.92 Å². The minimum absolute atomic E-state index is 0.105. The molecule has 6 nitrogen and oxygen atoms in total. The van der Waals surface area contributed by atoms with E-state index >= 15 is 0 Å². The van der Waals surface area contributed by atoms with Crippen molar-refractivity contribution >= 4 is 5.91 Å². The van der Waals surface area contributed by atoms with Crippen LogP contribution in [0.4, 0.5) is 0 Å². The van der Waals surface area contributed by atoms with Crippen molar-refractivity contribution in [2.45, 2.75) is 38.8 Å². The second-order valence-electron chi connectivity index (χ2n) is 7.08. The molecule has 3 heterocycles. The average Bonchev–Trinajstić information content (AvgIpc) is 2.63. The summed E-state index contributed by atoms with van der Waals surface area (Å²) in [5.41, 5.74) is 2.07. The van der Waals surface area contributed by atoms with E-state index in [9.17, 15) is 9.90 Å². The second-order valence-corrected chi connectivity index (χ2v) is 7.08. The minimum atomic E-state index is 0.105. The molecule has 2 aliphatic rings. The minimum Gasteiger partial charge on any atom is -0.396 e. The first-order valence-corrected chi connectivity index (χ1v) is 9.31. The predicted molar refractivity (Wildman–Crippen MR) is 95.0 cm³/mol. The lowest BCUT2D eigenvalue weighted by atomic mass is 9.97. The summed E-state index contributed by atoms with van der Waals surface area (Å²) in [6, 6.07) is 6.26. The van der Waals surface area contributed by atoms with Gasteiger partial charge in [0.2, 0.25) is 5.91 Å². The van der Waals surface area contributed by atoms with E-state index < -0.39 is 0 Å². The summed E-state index contributed by atoms with van der Waals surface area (Å²) in [4.78, 5) is 21.7. The molecule has 1 aromatic heterocycles. The molecule has 1 amide bonds. The maximum atomic E-state index is 12.8. The maximum absolute atomic E-state index is 12.8. The van der Waals surface area contributed by atoms with E-state index in [2.05, 4.69) is 9.88 Å². The lowest BCUT2D eigenvalue weighted by molar-refractivity contribution is -0.142. The maximum Gasteiger partial charge on any atom is 0.225 e. The van der Waals surface area contributed by atoms with Crippen molar-refractivity contribution in [2.75, 3.05) is 39.5 Å². The fourth-order valence-electron chi connectivity index (χ4n) is 3.82. The molecular formula is C19H29N3O3. The lowest BCUT2D eigenvalue weighted by Crippen LogP contribution is -2.56. The van der Waals surface area contributed by atoms with Crippen LogP contribution in [-0.4, -0.2) is 71.3 Å². The van der Waals surface area contributed by atoms with Crippen LogP contribution in [-0.2, 0) is 16.1 Å². The number of amides is 1. The van der Waals surface area contributed by atoms with Gasteiger partial charge in [0.15, 0.2) is 0 Å². The molecule has 1 aromatic rings. The number of aliphatic hydroxyl groups is 1. The van der Waals surface area contributed by atoms with Gasteiger partial charge < -0.3 is 14.7 Å². The molecule has 0 radical (unpaired) electrons. The summed E-state index contributed by atoms with van der Waals surface area (Å²) in [7, 11) is 0. The van der Waals surface area contributed by atoms with E-state index in [1.807, 2.05) is 30.0 Å². The molecule has 2 saturated heterocycles. The highest BCUT2D eigenvalue weighted by Gasteiger charge is 2.33. The zero-order valence-electron chi connectivity index (χ0n) is 15.1. The Hall–Kier alpha value is -1.50. The molecule has 138 valence electrons. The van der Waals surface area contributed by atoms with Gasteiger partial charge in [-0.2, -0.15) is 0 Å². The van der Waals surface area contributed by atoms with Gasteiger partial charge in [-0.3, -0.25) is 14.7 Å². The fourth-order valence-corrected chi connectivity index (χ4v) is 3.82. The van der Waals surface area contributed by atoms with Gasteiger partial charge in [0.1, 0.15) is 0 Å². The highest BCUT2D eigenvalue weighted by Crippen LogP contribution is 2.22. The third-order valence-corrected chi connectivity index (χ3v) is 5.26. The van der Waals surface area contributed by atoms with Gasteiger partial charge in [-0.25, -0.2) is 0 Å². The van der Waals surface area contributed by atoms with Crippen LogP contribution in [0.2, 0.25) is 0 Å². The first kappa shape index (κ1) is 18.3. The first-order chi connectivity index (χ1) is 12.2. The van der Waals surface area contributed by atoms with E-state index in [4.69, 9.17) is 4.74 Å². The summed E-state index contributed by atoms with van der Waals surface area (Å²) >= 11 is 0. The van der Waals surface area contributed by atoms with Crippen molar-refractivity contribution in [3.05, 3.63) is 29.6 Å². The summed E-state index contributed by atoms with van der Waals surface area (Å²) in [5, 5.41) is 9.46. The molecule has 2 fully saturated rings. The van der Waals surface area contributed by atoms with Crippen LogP contribution >= 0.6 is 0 Å². The Balaban J connectivity index is 1.62. The van der Waals surface area contributed by atoms with Crippen molar-refractivity contribution in [3.8, 4) is 0 Å². The molecule has 0 saturated carbocycles. The molecular weight excluding hydrogens is 318 g/mol. The zero-order chi connectivity index (χ0) is 17.6. The number of hydrogen-bond donors (Lipinski definition) is 1. The number of carbonyl (C=O) groups excluding carboxylic acids is 1. The molecule has 0 unspecified atom stereocenters. The molecule has 3 rings (SSSR count). The third kappa shape index (κ3) is 4.77. The number of aryl methyl sites for hydroxylation is 1. The standard InChI is InChI=1S/C19H29N3O3/c1-15-3-2-4-17(20-15)13-21-8-9-22(14-18(21)5-10-23)19(24)16-6-11-25-12-7-16/h2-4,16,18,23H,5-14H2,1H3/t18-/m0/s1. The molecule has 25 heavy (non-hydrogen) atoms. The van der Waals surface area contributed by atoms with Crippen LogP contribution in [0.1, 0.15) is 30.7 Å². The van der Waals surface area contributed by atoms with Crippen LogP contribution in [0.3, 0.4) is 0 Å². The normalized spacial score (nSPS) is 23.0. The van der Waals surface area contributed by atoms with Crippen molar-refractivity contribution in [3.63, 3.8) is 0 Å². The van der Waals surface area contributed by atoms with Gasteiger partial charge in [0.05, 0.1) is 5.69 Å². The second kappa shape index (κ2) is 8.74. The van der Waals surface area contributed by atoms with E-state index in [0.717, 1.165) is 43.9 Å². The van der Waals surface area contributed by atoms with Gasteiger partial charge in [0, 0.05) is 63.7 Å². The number of rotatable bonds is 5. The van der Waals surface area contributed by atoms with Crippen LogP contribution < -0.4 is 0 Å². The number of aromatic nitrogens is 1. The van der Waals surface area contributed by atoms with E-state index in [1.54, 1.807) is 0 Å². The Kier molecular flexibility index (Phi) is 6.39. The SMILES string of the molecule is Cc1cccc(CN2CCN(C(=O)C3CCOCC3)C[C@@H]2CCO)n1. The quantitative estimate of drug-likeness (QED) is 0.867. The Morgan fingerprint density at radius 2 is 2.12 bits per heavy atom. The van der Waals surface area contributed by atoms with Crippen LogP contribution in [0.15, 0.2) is 18.2 Å². The Morgan fingerprint density at radius 1 is 1.32 bits per heavy atom. The smallest absolute Gasteiger partial charge is 0.225 e. The van der Waals surface area contributed by atoms with Gasteiger partial charge in [-0.1, -0.05) is 6.07 Å². The summed E-state index contributed by atoms with van der Waals surface area (Å²) in [6.07, 6.45) is 2.34. The van der Waals surface area contributed by atoms with E-state index in [0.29, 0.717) is 26.2 Å². The van der Waals surface area contributed by atoms with Gasteiger partial charge in [-0.05, 0) is 38.3 Å². The lowest BCUT2D eigenvalue weighted by Gasteiger charge is -2.42. The number of hydrogen-bond acceptors (Lipinski definition) is 5. The number of nitrogens with zero attached hydrogens (tertiary/aromatic N) is 3. The predicted octanol–water partition coefficient (Wildman–Crippen LogP) is 1.21. The Morgan fingerprint density at radius 3 is 2.84 bits per heavy atom. The van der Waals surface area contributed by atoms with Gasteiger partial charge in [0.25, 0.3) is 0 Å². The Bertz CT molecular complexity index is 575. The Labute approximate surface area is 149 Å². The summed E-state index contributed by atoms with van der Waals surface area (Å²) in [5.74, 6) is 0.369. The third-order valence-electron chi connectivity index (χ3n) is 5.26. The van der Waals surface area contributed by atoms with Crippen molar-refractivity contribution < 1.29 is 14.6 Å². The van der Waals surface area contributed by atoms with Crippen LogP contribution in [0, 0.1) is 12.8 Å². The molecule has 6 heteroatoms. The highest BCUT2D eigenvalue weighted by molar-refractivity contribution is 5.79. The van der Waals surface area contributed by atoms with E-state index in [1.165, 1.54) is 0 Å². The van der Waals surface area contributed by atoms with Gasteiger partial charge in [-0.15, -0.1) is 0 Å². The molecule has 0 aliphatic carbocycles. The van der Waals surface area contributed by atoms with Gasteiger partial charge >= 0.3 is 0 Å². The first-order valence-electron chi connectivity index (χ1n) is 9.31. The number of ether oxygens (including phenoxy) is 1. The molecule has 2 aliphatic heterocycles. The molecule has 1 N–H and O–H groups in total. The molecule has 0 bridgehead atoms.